The maximum absolute atomic E-state index is 13.1. The molecule has 4 rings (SSSR count). The topological polar surface area (TPSA) is 88.6 Å². The predicted molar refractivity (Wildman–Crippen MR) is 118 cm³/mol. The maximum atomic E-state index is 13.1. The van der Waals surface area contributed by atoms with Crippen molar-refractivity contribution in [1.82, 2.24) is 9.29 Å². The molecule has 2 fully saturated rings. The largest absolute Gasteiger partial charge is 0.362 e. The number of anilines is 1. The lowest BCUT2D eigenvalue weighted by atomic mass is 9.81. The van der Waals surface area contributed by atoms with Crippen molar-refractivity contribution >= 4 is 21.6 Å². The average molecular weight is 444 g/mol. The number of aromatic nitrogens is 1. The predicted octanol–water partition coefficient (Wildman–Crippen LogP) is 3.23. The lowest BCUT2D eigenvalue weighted by molar-refractivity contribution is -0.140. The molecule has 2 aliphatic heterocycles. The standard InChI is InChI=1S/C23H29N3O4S/c1-3-18-6-8-20(9-7-18)31(28,29)26-14-12-23(17(2)16-26)11-10-21(30-23)22(27)25-19-5-4-13-24-15-19/h4-9,13,15,17,21H,3,10-12,14,16H2,1-2H3,(H,25,27). The van der Waals surface area contributed by atoms with Crippen LogP contribution in [-0.4, -0.2) is 48.4 Å². The normalized spacial score (nSPS) is 26.8. The Bertz CT molecular complexity index is 1030. The highest BCUT2D eigenvalue weighted by atomic mass is 32.2. The van der Waals surface area contributed by atoms with Crippen LogP contribution in [0.2, 0.25) is 0 Å². The minimum atomic E-state index is -3.55. The van der Waals surface area contributed by atoms with Crippen LogP contribution in [0.15, 0.2) is 53.7 Å². The van der Waals surface area contributed by atoms with Gasteiger partial charge < -0.3 is 10.1 Å². The van der Waals surface area contributed by atoms with Crippen LogP contribution in [0.1, 0.15) is 38.7 Å². The molecular formula is C23H29N3O4S. The zero-order valence-corrected chi connectivity index (χ0v) is 18.8. The van der Waals surface area contributed by atoms with Gasteiger partial charge in [0.15, 0.2) is 0 Å². The quantitative estimate of drug-likeness (QED) is 0.766. The first-order valence-electron chi connectivity index (χ1n) is 10.8. The van der Waals surface area contributed by atoms with Gasteiger partial charge in [-0.15, -0.1) is 0 Å². The zero-order valence-electron chi connectivity index (χ0n) is 18.0. The fraction of sp³-hybridized carbons (Fsp3) is 0.478. The Hall–Kier alpha value is -2.29. The number of carbonyl (C=O) groups excluding carboxylic acids is 1. The van der Waals surface area contributed by atoms with Crippen LogP contribution >= 0.6 is 0 Å². The molecule has 0 radical (unpaired) electrons. The number of hydrogen-bond donors (Lipinski definition) is 1. The summed E-state index contributed by atoms with van der Waals surface area (Å²) in [5, 5.41) is 2.85. The highest BCUT2D eigenvalue weighted by molar-refractivity contribution is 7.89. The van der Waals surface area contributed by atoms with Gasteiger partial charge in [-0.3, -0.25) is 9.78 Å². The number of ether oxygens (including phenoxy) is 1. The molecule has 2 saturated heterocycles. The van der Waals surface area contributed by atoms with Crippen LogP contribution in [0.4, 0.5) is 5.69 Å². The van der Waals surface area contributed by atoms with Gasteiger partial charge in [0.2, 0.25) is 10.0 Å². The maximum Gasteiger partial charge on any atom is 0.253 e. The lowest BCUT2D eigenvalue weighted by Crippen LogP contribution is -2.52. The van der Waals surface area contributed by atoms with Crippen LogP contribution in [0.25, 0.3) is 0 Å². The molecule has 8 heteroatoms. The Labute approximate surface area is 183 Å². The molecular weight excluding hydrogens is 414 g/mol. The second kappa shape index (κ2) is 8.68. The van der Waals surface area contributed by atoms with Crippen LogP contribution in [0.3, 0.4) is 0 Å². The zero-order chi connectivity index (χ0) is 22.1. The van der Waals surface area contributed by atoms with Gasteiger partial charge in [0.1, 0.15) is 6.10 Å². The average Bonchev–Trinajstić information content (AvgIpc) is 3.22. The highest BCUT2D eigenvalue weighted by Gasteiger charge is 2.50. The van der Waals surface area contributed by atoms with E-state index in [0.717, 1.165) is 18.4 Å². The van der Waals surface area contributed by atoms with Gasteiger partial charge >= 0.3 is 0 Å². The van der Waals surface area contributed by atoms with Gasteiger partial charge in [0.25, 0.3) is 5.91 Å². The number of piperidine rings is 1. The van der Waals surface area contributed by atoms with Gasteiger partial charge in [0.05, 0.1) is 22.4 Å². The Morgan fingerprint density at radius 1 is 1.26 bits per heavy atom. The van der Waals surface area contributed by atoms with E-state index in [1.165, 1.54) is 0 Å². The molecule has 1 amide bonds. The van der Waals surface area contributed by atoms with Crippen molar-refractivity contribution in [2.75, 3.05) is 18.4 Å². The van der Waals surface area contributed by atoms with Crippen molar-refractivity contribution in [3.63, 3.8) is 0 Å². The first kappa shape index (κ1) is 21.9. The number of sulfonamides is 1. The van der Waals surface area contributed by atoms with E-state index in [9.17, 15) is 13.2 Å². The first-order chi connectivity index (χ1) is 14.8. The van der Waals surface area contributed by atoms with E-state index in [1.54, 1.807) is 41.0 Å². The Morgan fingerprint density at radius 2 is 2.03 bits per heavy atom. The number of hydrogen-bond acceptors (Lipinski definition) is 5. The molecule has 2 aliphatic rings. The number of nitrogens with one attached hydrogen (secondary N) is 1. The number of rotatable bonds is 5. The van der Waals surface area contributed by atoms with E-state index in [2.05, 4.69) is 10.3 Å². The molecule has 2 aromatic rings. The molecule has 31 heavy (non-hydrogen) atoms. The second-order valence-electron chi connectivity index (χ2n) is 8.45. The third-order valence-corrected chi connectivity index (χ3v) is 8.44. The Balaban J connectivity index is 1.41. The van der Waals surface area contributed by atoms with Gasteiger partial charge in [-0.2, -0.15) is 4.31 Å². The summed E-state index contributed by atoms with van der Waals surface area (Å²) >= 11 is 0. The Kier molecular flexibility index (Phi) is 6.14. The number of pyridine rings is 1. The number of amides is 1. The lowest BCUT2D eigenvalue weighted by Gasteiger charge is -2.43. The van der Waals surface area contributed by atoms with Crippen molar-refractivity contribution in [2.45, 2.75) is 56.1 Å². The molecule has 3 heterocycles. The fourth-order valence-electron chi connectivity index (χ4n) is 4.56. The van der Waals surface area contributed by atoms with Gasteiger partial charge in [-0.05, 0) is 61.4 Å². The van der Waals surface area contributed by atoms with Crippen LogP contribution in [-0.2, 0) is 26.0 Å². The first-order valence-corrected chi connectivity index (χ1v) is 12.3. The molecule has 7 nitrogen and oxygen atoms in total. The van der Waals surface area contributed by atoms with E-state index < -0.39 is 21.7 Å². The molecule has 3 atom stereocenters. The fourth-order valence-corrected chi connectivity index (χ4v) is 6.08. The highest BCUT2D eigenvalue weighted by Crippen LogP contribution is 2.43. The van der Waals surface area contributed by atoms with Crippen molar-refractivity contribution in [1.29, 1.82) is 0 Å². The molecule has 1 aromatic carbocycles. The number of carbonyl (C=O) groups is 1. The summed E-state index contributed by atoms with van der Waals surface area (Å²) in [4.78, 5) is 17.0. The monoisotopic (exact) mass is 443 g/mol. The Morgan fingerprint density at radius 3 is 2.68 bits per heavy atom. The summed E-state index contributed by atoms with van der Waals surface area (Å²) in [5.41, 5.74) is 1.29. The van der Waals surface area contributed by atoms with E-state index in [0.29, 0.717) is 36.5 Å². The molecule has 0 bridgehead atoms. The van der Waals surface area contributed by atoms with Crippen LogP contribution in [0.5, 0.6) is 0 Å². The summed E-state index contributed by atoms with van der Waals surface area (Å²) < 4.78 is 34.1. The minimum absolute atomic E-state index is 0.0119. The SMILES string of the molecule is CCc1ccc(S(=O)(=O)N2CCC3(CCC(C(=O)Nc4cccnc4)O3)C(C)C2)cc1. The van der Waals surface area contributed by atoms with E-state index in [1.807, 2.05) is 26.0 Å². The summed E-state index contributed by atoms with van der Waals surface area (Å²) in [6.45, 7) is 4.83. The van der Waals surface area contributed by atoms with Gasteiger partial charge in [-0.25, -0.2) is 8.42 Å². The smallest absolute Gasteiger partial charge is 0.253 e. The summed E-state index contributed by atoms with van der Waals surface area (Å²) in [5.74, 6) is -0.190. The summed E-state index contributed by atoms with van der Waals surface area (Å²) in [6.07, 6.45) is 5.54. The van der Waals surface area contributed by atoms with Crippen molar-refractivity contribution in [3.8, 4) is 0 Å². The number of nitrogens with zero attached hydrogens (tertiary/aromatic N) is 2. The minimum Gasteiger partial charge on any atom is -0.362 e. The third-order valence-electron chi connectivity index (χ3n) is 6.56. The molecule has 3 unspecified atom stereocenters. The van der Waals surface area contributed by atoms with Gasteiger partial charge in [0, 0.05) is 19.3 Å². The molecule has 1 N–H and O–H groups in total. The third kappa shape index (κ3) is 4.37. The summed E-state index contributed by atoms with van der Waals surface area (Å²) in [7, 11) is -3.55. The molecule has 1 aromatic heterocycles. The second-order valence-corrected chi connectivity index (χ2v) is 10.4. The number of benzene rings is 1. The summed E-state index contributed by atoms with van der Waals surface area (Å²) in [6, 6.07) is 10.7. The van der Waals surface area contributed by atoms with E-state index in [-0.39, 0.29) is 11.8 Å². The van der Waals surface area contributed by atoms with Crippen molar-refractivity contribution in [3.05, 3.63) is 54.4 Å². The van der Waals surface area contributed by atoms with Crippen LogP contribution < -0.4 is 5.32 Å². The molecule has 166 valence electrons. The number of aryl methyl sites for hydroxylation is 1. The van der Waals surface area contributed by atoms with Crippen molar-refractivity contribution < 1.29 is 17.9 Å². The molecule has 1 spiro atoms. The van der Waals surface area contributed by atoms with Crippen LogP contribution in [0, 0.1) is 5.92 Å². The molecule has 0 saturated carbocycles. The molecule has 0 aliphatic carbocycles. The van der Waals surface area contributed by atoms with Gasteiger partial charge in [-0.1, -0.05) is 26.0 Å². The van der Waals surface area contributed by atoms with E-state index >= 15 is 0 Å². The van der Waals surface area contributed by atoms with E-state index in [4.69, 9.17) is 4.74 Å². The van der Waals surface area contributed by atoms with Crippen molar-refractivity contribution in [2.24, 2.45) is 5.92 Å².